The molecule has 2 saturated heterocycles. The van der Waals surface area contributed by atoms with Crippen LogP contribution in [0.5, 0.6) is 0 Å². The molecule has 3 rings (SSSR count). The Morgan fingerprint density at radius 2 is 2.39 bits per heavy atom. The molecular weight excluding hydrogens is 242 g/mol. The molecule has 1 aromatic rings. The number of nitrogens with one attached hydrogen (secondary N) is 1. The van der Waals surface area contributed by atoms with Crippen LogP contribution in [-0.2, 0) is 6.42 Å². The molecule has 0 bridgehead atoms. The zero-order valence-corrected chi connectivity index (χ0v) is 12.0. The van der Waals surface area contributed by atoms with Crippen LogP contribution < -0.4 is 5.32 Å². The van der Waals surface area contributed by atoms with Crippen molar-refractivity contribution in [3.8, 4) is 0 Å². The molecule has 1 N–H and O–H groups in total. The highest BCUT2D eigenvalue weighted by Gasteiger charge is 2.31. The summed E-state index contributed by atoms with van der Waals surface area (Å²) in [4.78, 5) is 7.20. The smallest absolute Gasteiger partial charge is 0.0940 e. The largest absolute Gasteiger partial charge is 0.313 e. The maximum absolute atomic E-state index is 4.52. The zero-order chi connectivity index (χ0) is 12.4. The Balaban J connectivity index is 1.41. The first-order valence-electron chi connectivity index (χ1n) is 7.20. The van der Waals surface area contributed by atoms with Crippen molar-refractivity contribution >= 4 is 11.3 Å². The molecule has 2 atom stereocenters. The third-order valence-electron chi connectivity index (χ3n) is 4.26. The number of aromatic nitrogens is 1. The van der Waals surface area contributed by atoms with Crippen LogP contribution in [0.3, 0.4) is 0 Å². The Morgan fingerprint density at radius 1 is 1.44 bits per heavy atom. The SMILES string of the molecule is Cc1csc(CCNC2CCN3CCCC3C2)n1. The maximum Gasteiger partial charge on any atom is 0.0940 e. The van der Waals surface area contributed by atoms with Crippen LogP contribution in [0.4, 0.5) is 0 Å². The van der Waals surface area contributed by atoms with E-state index < -0.39 is 0 Å². The van der Waals surface area contributed by atoms with Crippen LogP contribution in [0, 0.1) is 6.92 Å². The molecule has 2 fully saturated rings. The van der Waals surface area contributed by atoms with Gasteiger partial charge in [0.1, 0.15) is 0 Å². The summed E-state index contributed by atoms with van der Waals surface area (Å²) >= 11 is 1.79. The highest BCUT2D eigenvalue weighted by molar-refractivity contribution is 7.09. The van der Waals surface area contributed by atoms with Gasteiger partial charge in [-0.05, 0) is 45.7 Å². The predicted octanol–water partition coefficient (Wildman–Crippen LogP) is 2.21. The predicted molar refractivity (Wildman–Crippen MR) is 76.2 cm³/mol. The van der Waals surface area contributed by atoms with Crippen LogP contribution in [0.1, 0.15) is 36.4 Å². The summed E-state index contributed by atoms with van der Waals surface area (Å²) in [5.41, 5.74) is 1.16. The lowest BCUT2D eigenvalue weighted by Gasteiger charge is -2.35. The number of fused-ring (bicyclic) bond motifs is 1. The molecule has 2 unspecified atom stereocenters. The molecule has 4 heteroatoms. The van der Waals surface area contributed by atoms with Crippen molar-refractivity contribution in [1.82, 2.24) is 15.2 Å². The first kappa shape index (κ1) is 12.6. The van der Waals surface area contributed by atoms with E-state index in [0.717, 1.165) is 30.7 Å². The van der Waals surface area contributed by atoms with Crippen molar-refractivity contribution in [3.63, 3.8) is 0 Å². The Bertz CT molecular complexity index is 390. The Hall–Kier alpha value is -0.450. The third-order valence-corrected chi connectivity index (χ3v) is 5.29. The number of aryl methyl sites for hydroxylation is 1. The van der Waals surface area contributed by atoms with Crippen LogP contribution >= 0.6 is 11.3 Å². The van der Waals surface area contributed by atoms with Crippen LogP contribution in [0.2, 0.25) is 0 Å². The molecule has 2 aliphatic rings. The normalized spacial score (nSPS) is 28.5. The summed E-state index contributed by atoms with van der Waals surface area (Å²) < 4.78 is 0. The van der Waals surface area contributed by atoms with Crippen molar-refractivity contribution in [1.29, 1.82) is 0 Å². The summed E-state index contributed by atoms with van der Waals surface area (Å²) in [6, 6.07) is 1.61. The Kier molecular flexibility index (Phi) is 3.97. The number of hydrogen-bond donors (Lipinski definition) is 1. The van der Waals surface area contributed by atoms with Crippen LogP contribution in [0.25, 0.3) is 0 Å². The van der Waals surface area contributed by atoms with Gasteiger partial charge in [-0.25, -0.2) is 4.98 Å². The lowest BCUT2D eigenvalue weighted by Crippen LogP contribution is -2.46. The molecular formula is C14H23N3S. The molecule has 0 radical (unpaired) electrons. The maximum atomic E-state index is 4.52. The molecule has 18 heavy (non-hydrogen) atoms. The van der Waals surface area contributed by atoms with Gasteiger partial charge in [0.25, 0.3) is 0 Å². The second-order valence-corrected chi connectivity index (χ2v) is 6.58. The van der Waals surface area contributed by atoms with E-state index in [0.29, 0.717) is 0 Å². The molecule has 0 amide bonds. The molecule has 0 aliphatic carbocycles. The minimum atomic E-state index is 0.741. The summed E-state index contributed by atoms with van der Waals surface area (Å²) in [5, 5.41) is 7.15. The van der Waals surface area contributed by atoms with E-state index in [-0.39, 0.29) is 0 Å². The lowest BCUT2D eigenvalue weighted by atomic mass is 9.97. The van der Waals surface area contributed by atoms with Gasteiger partial charge in [-0.3, -0.25) is 0 Å². The molecule has 0 saturated carbocycles. The molecule has 3 nitrogen and oxygen atoms in total. The fraction of sp³-hybridized carbons (Fsp3) is 0.786. The van der Waals surface area contributed by atoms with Crippen LogP contribution in [0.15, 0.2) is 5.38 Å². The second kappa shape index (κ2) is 5.68. The van der Waals surface area contributed by atoms with E-state index in [1.165, 1.54) is 43.8 Å². The van der Waals surface area contributed by atoms with Gasteiger partial charge in [0, 0.05) is 36.1 Å². The van der Waals surface area contributed by atoms with Crippen LogP contribution in [-0.4, -0.2) is 41.6 Å². The molecule has 1 aromatic heterocycles. The van der Waals surface area contributed by atoms with Crippen molar-refractivity contribution in [3.05, 3.63) is 16.1 Å². The van der Waals surface area contributed by atoms with Crippen molar-refractivity contribution in [2.45, 2.75) is 51.1 Å². The number of thiazole rings is 1. The fourth-order valence-electron chi connectivity index (χ4n) is 3.31. The van der Waals surface area contributed by atoms with Crippen molar-refractivity contribution in [2.75, 3.05) is 19.6 Å². The van der Waals surface area contributed by atoms with Gasteiger partial charge in [0.2, 0.25) is 0 Å². The number of rotatable bonds is 4. The summed E-state index contributed by atoms with van der Waals surface area (Å²) in [6.07, 6.45) is 6.60. The standard InChI is InChI=1S/C14H23N3S/c1-11-10-18-14(16-11)4-6-15-12-5-8-17-7-2-3-13(17)9-12/h10,12-13,15H,2-9H2,1H3. The fourth-order valence-corrected chi connectivity index (χ4v) is 4.09. The average molecular weight is 265 g/mol. The molecule has 100 valence electrons. The van der Waals surface area contributed by atoms with E-state index in [1.807, 2.05) is 0 Å². The van der Waals surface area contributed by atoms with Gasteiger partial charge < -0.3 is 10.2 Å². The van der Waals surface area contributed by atoms with Gasteiger partial charge in [0.05, 0.1) is 5.01 Å². The first-order chi connectivity index (χ1) is 8.81. The molecule has 2 aliphatic heterocycles. The highest BCUT2D eigenvalue weighted by atomic mass is 32.1. The Labute approximate surface area is 114 Å². The molecule has 3 heterocycles. The van der Waals surface area contributed by atoms with Gasteiger partial charge in [0.15, 0.2) is 0 Å². The third kappa shape index (κ3) is 2.92. The van der Waals surface area contributed by atoms with Gasteiger partial charge in [-0.15, -0.1) is 11.3 Å². The van der Waals surface area contributed by atoms with E-state index in [9.17, 15) is 0 Å². The van der Waals surface area contributed by atoms with E-state index in [2.05, 4.69) is 27.5 Å². The topological polar surface area (TPSA) is 28.2 Å². The molecule has 0 aromatic carbocycles. The van der Waals surface area contributed by atoms with Crippen molar-refractivity contribution in [2.24, 2.45) is 0 Å². The van der Waals surface area contributed by atoms with Gasteiger partial charge >= 0.3 is 0 Å². The zero-order valence-electron chi connectivity index (χ0n) is 11.2. The first-order valence-corrected chi connectivity index (χ1v) is 8.07. The highest BCUT2D eigenvalue weighted by Crippen LogP contribution is 2.26. The van der Waals surface area contributed by atoms with E-state index >= 15 is 0 Å². The van der Waals surface area contributed by atoms with Gasteiger partial charge in [-0.2, -0.15) is 0 Å². The number of piperidine rings is 1. The van der Waals surface area contributed by atoms with E-state index in [1.54, 1.807) is 11.3 Å². The van der Waals surface area contributed by atoms with E-state index in [4.69, 9.17) is 0 Å². The minimum absolute atomic E-state index is 0.741. The Morgan fingerprint density at radius 3 is 3.22 bits per heavy atom. The molecule has 0 spiro atoms. The average Bonchev–Trinajstić information content (AvgIpc) is 2.97. The summed E-state index contributed by atoms with van der Waals surface area (Å²) in [5.74, 6) is 0. The number of nitrogens with zero attached hydrogens (tertiary/aromatic N) is 2. The number of hydrogen-bond acceptors (Lipinski definition) is 4. The quantitative estimate of drug-likeness (QED) is 0.905. The summed E-state index contributed by atoms with van der Waals surface area (Å²) in [7, 11) is 0. The summed E-state index contributed by atoms with van der Waals surface area (Å²) in [6.45, 7) is 5.81. The van der Waals surface area contributed by atoms with Crippen molar-refractivity contribution < 1.29 is 0 Å². The lowest BCUT2D eigenvalue weighted by molar-refractivity contribution is 0.167. The minimum Gasteiger partial charge on any atom is -0.313 e. The second-order valence-electron chi connectivity index (χ2n) is 5.64. The monoisotopic (exact) mass is 265 g/mol. The van der Waals surface area contributed by atoms with Gasteiger partial charge in [-0.1, -0.05) is 0 Å².